The van der Waals surface area contributed by atoms with Crippen LogP contribution in [0, 0.1) is 11.3 Å². The third-order valence-electron chi connectivity index (χ3n) is 5.43. The van der Waals surface area contributed by atoms with Crippen LogP contribution in [0.25, 0.3) is 22.0 Å². The smallest absolute Gasteiger partial charge is 0.235 e. The van der Waals surface area contributed by atoms with Gasteiger partial charge in [-0.1, -0.05) is 54.6 Å². The van der Waals surface area contributed by atoms with E-state index in [4.69, 9.17) is 0 Å². The molecule has 0 saturated carbocycles. The molecule has 0 saturated heterocycles. The quantitative estimate of drug-likeness (QED) is 0.345. The van der Waals surface area contributed by atoms with Crippen molar-refractivity contribution in [3.63, 3.8) is 0 Å². The van der Waals surface area contributed by atoms with E-state index in [1.165, 1.54) is 25.2 Å². The molecule has 1 aromatic heterocycles. The second-order valence-electron chi connectivity index (χ2n) is 7.49. The van der Waals surface area contributed by atoms with Gasteiger partial charge in [0.05, 0.1) is 29.0 Å². The van der Waals surface area contributed by atoms with Crippen LogP contribution in [0.3, 0.4) is 0 Å². The maximum atomic E-state index is 13.2. The average Bonchev–Trinajstić information content (AvgIpc) is 3.22. The SMILES string of the molecule is CN(c1[nH]c2c(C(=O)C(=O)c3ccccc3C#N)cccc2c1-c1ccccc1)S(C)(=O)=O. The molecule has 1 heterocycles. The average molecular weight is 458 g/mol. The van der Waals surface area contributed by atoms with Crippen molar-refractivity contribution in [2.24, 2.45) is 0 Å². The van der Waals surface area contributed by atoms with Gasteiger partial charge in [0.15, 0.2) is 0 Å². The van der Waals surface area contributed by atoms with Gasteiger partial charge >= 0.3 is 0 Å². The number of ketones is 2. The predicted octanol–water partition coefficient (Wildman–Crippen LogP) is 4.17. The van der Waals surface area contributed by atoms with Gasteiger partial charge < -0.3 is 4.98 Å². The molecule has 0 unspecified atom stereocenters. The van der Waals surface area contributed by atoms with Crippen molar-refractivity contribution in [1.82, 2.24) is 4.98 Å². The van der Waals surface area contributed by atoms with Gasteiger partial charge in [-0.15, -0.1) is 0 Å². The molecule has 0 bridgehead atoms. The van der Waals surface area contributed by atoms with Crippen molar-refractivity contribution in [3.05, 3.63) is 89.5 Å². The topological polar surface area (TPSA) is 111 Å². The van der Waals surface area contributed by atoms with Crippen LogP contribution in [-0.4, -0.2) is 38.3 Å². The number of carbonyl (C=O) groups is 2. The van der Waals surface area contributed by atoms with Crippen LogP contribution in [0.1, 0.15) is 26.3 Å². The van der Waals surface area contributed by atoms with Crippen LogP contribution in [0.2, 0.25) is 0 Å². The summed E-state index contributed by atoms with van der Waals surface area (Å²) in [4.78, 5) is 29.3. The highest BCUT2D eigenvalue weighted by atomic mass is 32.2. The lowest BCUT2D eigenvalue weighted by atomic mass is 9.95. The van der Waals surface area contributed by atoms with Gasteiger partial charge in [0.25, 0.3) is 0 Å². The summed E-state index contributed by atoms with van der Waals surface area (Å²) in [5.74, 6) is -1.32. The monoisotopic (exact) mass is 457 g/mol. The molecule has 164 valence electrons. The second kappa shape index (κ2) is 8.37. The molecule has 4 aromatic rings. The van der Waals surface area contributed by atoms with E-state index in [1.54, 1.807) is 24.3 Å². The zero-order chi connectivity index (χ0) is 23.8. The van der Waals surface area contributed by atoms with Crippen molar-refractivity contribution in [2.75, 3.05) is 17.6 Å². The summed E-state index contributed by atoms with van der Waals surface area (Å²) in [6.07, 6.45) is 1.09. The molecule has 0 aliphatic rings. The first-order chi connectivity index (χ1) is 15.7. The van der Waals surface area contributed by atoms with Crippen LogP contribution >= 0.6 is 0 Å². The summed E-state index contributed by atoms with van der Waals surface area (Å²) in [5.41, 5.74) is 1.91. The molecule has 0 aliphatic carbocycles. The summed E-state index contributed by atoms with van der Waals surface area (Å²) >= 11 is 0. The first kappa shape index (κ1) is 22.0. The maximum Gasteiger partial charge on any atom is 0.235 e. The molecule has 33 heavy (non-hydrogen) atoms. The van der Waals surface area contributed by atoms with E-state index in [1.807, 2.05) is 36.4 Å². The Morgan fingerprint density at radius 2 is 1.48 bits per heavy atom. The van der Waals surface area contributed by atoms with Gasteiger partial charge in [0.1, 0.15) is 5.82 Å². The number of hydrogen-bond donors (Lipinski definition) is 1. The number of H-pyrrole nitrogens is 1. The van der Waals surface area contributed by atoms with Crippen LogP contribution in [0.5, 0.6) is 0 Å². The largest absolute Gasteiger partial charge is 0.339 e. The predicted molar refractivity (Wildman–Crippen MR) is 127 cm³/mol. The van der Waals surface area contributed by atoms with Crippen molar-refractivity contribution in [1.29, 1.82) is 5.26 Å². The molecule has 0 atom stereocenters. The highest BCUT2D eigenvalue weighted by Crippen LogP contribution is 2.39. The highest BCUT2D eigenvalue weighted by molar-refractivity contribution is 7.92. The first-order valence-corrected chi connectivity index (χ1v) is 11.8. The number of nitriles is 1. The molecule has 0 spiro atoms. The minimum atomic E-state index is -3.62. The fourth-order valence-electron chi connectivity index (χ4n) is 3.72. The van der Waals surface area contributed by atoms with E-state index in [0.717, 1.165) is 16.1 Å². The Morgan fingerprint density at radius 1 is 0.879 bits per heavy atom. The number of carbonyl (C=O) groups excluding carboxylic acids is 2. The summed E-state index contributed by atoms with van der Waals surface area (Å²) in [7, 11) is -2.20. The summed E-state index contributed by atoms with van der Waals surface area (Å²) in [6.45, 7) is 0. The van der Waals surface area contributed by atoms with E-state index in [-0.39, 0.29) is 22.5 Å². The molecule has 4 rings (SSSR count). The van der Waals surface area contributed by atoms with Crippen LogP contribution < -0.4 is 4.31 Å². The van der Waals surface area contributed by atoms with E-state index in [9.17, 15) is 23.3 Å². The molecule has 7 nitrogen and oxygen atoms in total. The molecule has 1 N–H and O–H groups in total. The number of fused-ring (bicyclic) bond motifs is 1. The van der Waals surface area contributed by atoms with Crippen LogP contribution in [0.4, 0.5) is 5.82 Å². The zero-order valence-corrected chi connectivity index (χ0v) is 18.7. The normalized spacial score (nSPS) is 11.2. The van der Waals surface area contributed by atoms with E-state index < -0.39 is 21.6 Å². The van der Waals surface area contributed by atoms with E-state index >= 15 is 0 Å². The number of hydrogen-bond acceptors (Lipinski definition) is 5. The Bertz CT molecular complexity index is 1550. The third kappa shape index (κ3) is 3.90. The van der Waals surface area contributed by atoms with Gasteiger partial charge in [-0.3, -0.25) is 13.9 Å². The lowest BCUT2D eigenvalue weighted by Crippen LogP contribution is -2.25. The molecular formula is C25H19N3O4S. The Kier molecular flexibility index (Phi) is 5.58. The maximum absolute atomic E-state index is 13.2. The second-order valence-corrected chi connectivity index (χ2v) is 9.50. The molecule has 0 amide bonds. The van der Waals surface area contributed by atoms with Crippen molar-refractivity contribution in [3.8, 4) is 17.2 Å². The van der Waals surface area contributed by atoms with Gasteiger partial charge in [0, 0.05) is 23.6 Å². The number of sulfonamides is 1. The lowest BCUT2D eigenvalue weighted by molar-refractivity contribution is 0.0817. The molecule has 0 fully saturated rings. The van der Waals surface area contributed by atoms with Gasteiger partial charge in [0.2, 0.25) is 21.6 Å². The van der Waals surface area contributed by atoms with Crippen molar-refractivity contribution >= 4 is 38.3 Å². The molecule has 0 radical (unpaired) electrons. The number of para-hydroxylation sites is 1. The number of anilines is 1. The number of Topliss-reactive ketones (excluding diaryl/α,β-unsaturated/α-hetero) is 2. The zero-order valence-electron chi connectivity index (χ0n) is 17.9. The number of aromatic amines is 1. The Labute approximate surface area is 190 Å². The number of nitrogens with one attached hydrogen (secondary N) is 1. The third-order valence-corrected chi connectivity index (χ3v) is 6.61. The molecule has 8 heteroatoms. The molecule has 0 aliphatic heterocycles. The summed E-state index contributed by atoms with van der Waals surface area (Å²) in [5, 5.41) is 9.91. The fourth-order valence-corrected chi connectivity index (χ4v) is 4.18. The lowest BCUT2D eigenvalue weighted by Gasteiger charge is -2.17. The fraction of sp³-hybridized carbons (Fsp3) is 0.0800. The Hall–Kier alpha value is -4.22. The van der Waals surface area contributed by atoms with E-state index in [2.05, 4.69) is 4.98 Å². The standard InChI is InChI=1S/C25H19N3O4S/c1-28(33(2,31)32)25-21(16-9-4-3-5-10-16)19-13-8-14-20(22(19)27-25)24(30)23(29)18-12-7-6-11-17(18)15-26/h3-14,27H,1-2H3. The Morgan fingerprint density at radius 3 is 2.15 bits per heavy atom. The van der Waals surface area contributed by atoms with Gasteiger partial charge in [-0.25, -0.2) is 8.42 Å². The summed E-state index contributed by atoms with van der Waals surface area (Å²) in [6, 6.07) is 22.1. The Balaban J connectivity index is 1.95. The summed E-state index contributed by atoms with van der Waals surface area (Å²) < 4.78 is 25.8. The number of benzene rings is 3. The van der Waals surface area contributed by atoms with Crippen molar-refractivity contribution < 1.29 is 18.0 Å². The number of rotatable bonds is 6. The minimum absolute atomic E-state index is 0.0188. The molecule has 3 aromatic carbocycles. The van der Waals surface area contributed by atoms with Gasteiger partial charge in [-0.05, 0) is 23.8 Å². The van der Waals surface area contributed by atoms with Gasteiger partial charge in [-0.2, -0.15) is 5.26 Å². The minimum Gasteiger partial charge on any atom is -0.339 e. The number of nitrogens with zero attached hydrogens (tertiary/aromatic N) is 2. The van der Waals surface area contributed by atoms with E-state index in [0.29, 0.717) is 16.5 Å². The first-order valence-electron chi connectivity index (χ1n) is 9.96. The molecular weight excluding hydrogens is 438 g/mol. The van der Waals surface area contributed by atoms with Crippen molar-refractivity contribution in [2.45, 2.75) is 0 Å². The van der Waals surface area contributed by atoms with Crippen LogP contribution in [0.15, 0.2) is 72.8 Å². The highest BCUT2D eigenvalue weighted by Gasteiger charge is 2.27. The van der Waals surface area contributed by atoms with Crippen LogP contribution in [-0.2, 0) is 10.0 Å². The number of aromatic nitrogens is 1.